The van der Waals surface area contributed by atoms with Gasteiger partial charge in [0.1, 0.15) is 5.76 Å². The molecule has 2 amide bonds. The molecule has 30 heavy (non-hydrogen) atoms. The molecule has 0 radical (unpaired) electrons. The van der Waals surface area contributed by atoms with Crippen molar-refractivity contribution in [1.29, 1.82) is 0 Å². The van der Waals surface area contributed by atoms with Crippen molar-refractivity contribution < 1.29 is 40.7 Å². The number of ketones is 1. The van der Waals surface area contributed by atoms with Gasteiger partial charge in [0.05, 0.1) is 29.5 Å². The minimum Gasteiger partial charge on any atom is -0.510 e. The second kappa shape index (κ2) is 9.19. The number of nitrogens with zero attached hydrogens (tertiary/aromatic N) is 3. The summed E-state index contributed by atoms with van der Waals surface area (Å²) in [5.41, 5.74) is 0.151. The van der Waals surface area contributed by atoms with Gasteiger partial charge >= 0.3 is 16.5 Å². The third-order valence-corrected chi connectivity index (χ3v) is 5.20. The van der Waals surface area contributed by atoms with E-state index in [0.29, 0.717) is 12.8 Å². The number of imide groups is 1. The minimum atomic E-state index is -0.460. The van der Waals surface area contributed by atoms with Crippen LogP contribution in [0.4, 0.5) is 5.69 Å². The average Bonchev–Trinajstić information content (AvgIpc) is 2.90. The zero-order valence-corrected chi connectivity index (χ0v) is 18.4. The molecule has 0 saturated carbocycles. The fourth-order valence-corrected chi connectivity index (χ4v) is 3.76. The van der Waals surface area contributed by atoms with Crippen molar-refractivity contribution >= 4 is 23.3 Å². The predicted molar refractivity (Wildman–Crippen MR) is 105 cm³/mol. The first-order chi connectivity index (χ1) is 13.7. The summed E-state index contributed by atoms with van der Waals surface area (Å²) in [5.74, 6) is -1.27. The van der Waals surface area contributed by atoms with E-state index in [0.717, 1.165) is 0 Å². The maximum absolute atomic E-state index is 13.0. The van der Waals surface area contributed by atoms with Crippen LogP contribution in [0.15, 0.2) is 39.9 Å². The first kappa shape index (κ1) is 23.9. The van der Waals surface area contributed by atoms with Crippen LogP contribution in [-0.2, 0) is 26.0 Å². The number of azo groups is 1. The monoisotopic (exact) mass is 457 g/mol. The van der Waals surface area contributed by atoms with Crippen LogP contribution in [0.5, 0.6) is 0 Å². The number of aliphatic hydroxyl groups is 1. The summed E-state index contributed by atoms with van der Waals surface area (Å²) in [6.45, 7) is 5.90. The summed E-state index contributed by atoms with van der Waals surface area (Å²) < 4.78 is 5.14. The van der Waals surface area contributed by atoms with Gasteiger partial charge in [-0.05, 0) is 24.0 Å². The van der Waals surface area contributed by atoms with E-state index in [1.54, 1.807) is 18.2 Å². The van der Waals surface area contributed by atoms with Crippen molar-refractivity contribution in [2.24, 2.45) is 15.6 Å². The van der Waals surface area contributed by atoms with Gasteiger partial charge in [-0.15, -0.1) is 10.2 Å². The molecule has 1 aliphatic heterocycles. The third-order valence-electron chi connectivity index (χ3n) is 5.20. The molecule has 0 aromatic heterocycles. The second-order valence-electron chi connectivity index (χ2n) is 8.13. The predicted octanol–water partition coefficient (Wildman–Crippen LogP) is 3.95. The van der Waals surface area contributed by atoms with Crippen LogP contribution < -0.4 is 0 Å². The summed E-state index contributed by atoms with van der Waals surface area (Å²) in [7, 11) is 1.52. The molecule has 0 spiro atoms. The van der Waals surface area contributed by atoms with Crippen LogP contribution in [0.25, 0.3) is 0 Å². The Bertz CT molecular complexity index is 939. The van der Waals surface area contributed by atoms with E-state index in [-0.39, 0.29) is 75.0 Å². The quantitative estimate of drug-likeness (QED) is 0.395. The van der Waals surface area contributed by atoms with Gasteiger partial charge in [0.2, 0.25) is 0 Å². The van der Waals surface area contributed by atoms with E-state index in [9.17, 15) is 19.5 Å². The van der Waals surface area contributed by atoms with Crippen LogP contribution in [0, 0.1) is 5.41 Å². The number of methoxy groups -OCH3 is 1. The molecule has 0 bridgehead atoms. The molecule has 1 heterocycles. The van der Waals surface area contributed by atoms with E-state index >= 15 is 0 Å². The van der Waals surface area contributed by atoms with Crippen molar-refractivity contribution in [3.05, 3.63) is 40.8 Å². The van der Waals surface area contributed by atoms with Crippen molar-refractivity contribution in [3.63, 3.8) is 0 Å². The zero-order valence-electron chi connectivity index (χ0n) is 17.4. The van der Waals surface area contributed by atoms with E-state index in [1.807, 2.05) is 20.8 Å². The SMILES string of the molecule is CCC(COC)N1C(=O)c2cccc(N=NC3=C(O)CC(C)(C)CC3=O)c2C1=O.[Ni+2]. The maximum Gasteiger partial charge on any atom is 2.00 e. The van der Waals surface area contributed by atoms with Crippen LogP contribution in [-0.4, -0.2) is 47.4 Å². The van der Waals surface area contributed by atoms with Crippen molar-refractivity contribution in [2.45, 2.75) is 46.1 Å². The molecule has 1 N–H and O–H groups in total. The second-order valence-corrected chi connectivity index (χ2v) is 8.13. The number of Topliss-reactive ketones (excluding diaryl/α,β-unsaturated/α-hetero) is 1. The Kier molecular flexibility index (Phi) is 7.32. The molecule has 1 aromatic carbocycles. The van der Waals surface area contributed by atoms with E-state index in [2.05, 4.69) is 10.2 Å². The number of carbonyl (C=O) groups excluding carboxylic acids is 3. The standard InChI is InChI=1S/C21H25N3O5.Ni/c1-5-12(11-29-4)24-19(27)13-7-6-8-14(17(13)20(24)28)22-23-18-15(25)9-21(2,3)10-16(18)26;/h6-8,12,25H,5,9-11H2,1-4H3;/q;+2. The number of hydrogen-bond acceptors (Lipinski definition) is 7. The fourth-order valence-electron chi connectivity index (χ4n) is 3.76. The number of ether oxygens (including phenoxy) is 1. The number of benzene rings is 1. The topological polar surface area (TPSA) is 109 Å². The van der Waals surface area contributed by atoms with Crippen LogP contribution in [0.1, 0.15) is 60.7 Å². The number of allylic oxidation sites excluding steroid dienone is 2. The summed E-state index contributed by atoms with van der Waals surface area (Å²) in [6.07, 6.45) is 1.13. The van der Waals surface area contributed by atoms with Crippen molar-refractivity contribution in [3.8, 4) is 0 Å². The largest absolute Gasteiger partial charge is 2.00 e. The number of fused-ring (bicyclic) bond motifs is 1. The summed E-state index contributed by atoms with van der Waals surface area (Å²) >= 11 is 0. The Hall–Kier alpha value is -2.38. The molecule has 3 rings (SSSR count). The van der Waals surface area contributed by atoms with Crippen molar-refractivity contribution in [2.75, 3.05) is 13.7 Å². The number of aliphatic hydroxyl groups excluding tert-OH is 1. The molecule has 0 saturated heterocycles. The Morgan fingerprint density at radius 2 is 1.87 bits per heavy atom. The van der Waals surface area contributed by atoms with Gasteiger partial charge in [-0.3, -0.25) is 19.3 Å². The van der Waals surface area contributed by atoms with E-state index < -0.39 is 11.8 Å². The Labute approximate surface area is 185 Å². The number of hydrogen-bond donors (Lipinski definition) is 1. The maximum atomic E-state index is 13.0. The Balaban J connectivity index is 0.00000320. The molecule has 1 unspecified atom stereocenters. The summed E-state index contributed by atoms with van der Waals surface area (Å²) in [6, 6.07) is 4.35. The molecular formula is C21H25N3NiO5+2. The number of carbonyl (C=O) groups is 3. The molecule has 9 heteroatoms. The Morgan fingerprint density at radius 3 is 2.47 bits per heavy atom. The van der Waals surface area contributed by atoms with Gasteiger partial charge in [-0.1, -0.05) is 26.8 Å². The number of rotatable bonds is 6. The summed E-state index contributed by atoms with van der Waals surface area (Å²) in [4.78, 5) is 39.3. The molecule has 2 aliphatic rings. The smallest absolute Gasteiger partial charge is 0.510 e. The molecule has 1 atom stereocenters. The van der Waals surface area contributed by atoms with Gasteiger partial charge in [-0.2, -0.15) is 0 Å². The first-order valence-corrected chi connectivity index (χ1v) is 9.57. The van der Waals surface area contributed by atoms with E-state index in [4.69, 9.17) is 4.74 Å². The number of amides is 2. The van der Waals surface area contributed by atoms with Crippen molar-refractivity contribution in [1.82, 2.24) is 4.90 Å². The van der Waals surface area contributed by atoms with Crippen LogP contribution >= 0.6 is 0 Å². The molecule has 1 aromatic rings. The average molecular weight is 458 g/mol. The van der Waals surface area contributed by atoms with Gasteiger partial charge in [0, 0.05) is 20.0 Å². The molecular weight excluding hydrogens is 433 g/mol. The third kappa shape index (κ3) is 4.37. The molecule has 0 fully saturated rings. The molecule has 1 aliphatic carbocycles. The van der Waals surface area contributed by atoms with Gasteiger partial charge in [0.15, 0.2) is 11.5 Å². The molecule has 8 nitrogen and oxygen atoms in total. The zero-order chi connectivity index (χ0) is 21.3. The van der Waals surface area contributed by atoms with Crippen LogP contribution in [0.3, 0.4) is 0 Å². The van der Waals surface area contributed by atoms with E-state index in [1.165, 1.54) is 12.0 Å². The first-order valence-electron chi connectivity index (χ1n) is 9.57. The fraction of sp³-hybridized carbons (Fsp3) is 0.476. The summed E-state index contributed by atoms with van der Waals surface area (Å²) in [5, 5.41) is 18.2. The van der Waals surface area contributed by atoms with Gasteiger partial charge in [-0.25, -0.2) is 0 Å². The molecule has 162 valence electrons. The normalized spacial score (nSPS) is 19.3. The van der Waals surface area contributed by atoms with Gasteiger partial charge < -0.3 is 9.84 Å². The van der Waals surface area contributed by atoms with Gasteiger partial charge in [0.25, 0.3) is 11.8 Å². The minimum absolute atomic E-state index is 0. The Morgan fingerprint density at radius 1 is 1.17 bits per heavy atom. The van der Waals surface area contributed by atoms with Crippen LogP contribution in [0.2, 0.25) is 0 Å².